The van der Waals surface area contributed by atoms with Gasteiger partial charge in [0.05, 0.1) is 19.3 Å². The number of nitrogens with zero attached hydrogens (tertiary/aromatic N) is 3. The number of anilines is 1. The monoisotopic (exact) mass is 388 g/mol. The number of hydrogen-bond acceptors (Lipinski definition) is 7. The minimum atomic E-state index is -0.387. The van der Waals surface area contributed by atoms with Crippen molar-refractivity contribution < 1.29 is 19.1 Å². The van der Waals surface area contributed by atoms with E-state index in [0.29, 0.717) is 42.7 Å². The maximum Gasteiger partial charge on any atom is 0.259 e. The maximum atomic E-state index is 12.9. The zero-order valence-corrected chi connectivity index (χ0v) is 15.8. The molecule has 2 amide bonds. The van der Waals surface area contributed by atoms with Crippen molar-refractivity contribution >= 4 is 28.3 Å². The summed E-state index contributed by atoms with van der Waals surface area (Å²) < 4.78 is 10.6. The van der Waals surface area contributed by atoms with E-state index in [9.17, 15) is 9.59 Å². The third-order valence-corrected chi connectivity index (χ3v) is 5.66. The fourth-order valence-electron chi connectivity index (χ4n) is 3.28. The van der Waals surface area contributed by atoms with Crippen LogP contribution in [0.2, 0.25) is 0 Å². The zero-order chi connectivity index (χ0) is 18.8. The second-order valence-electron chi connectivity index (χ2n) is 6.42. The van der Waals surface area contributed by atoms with E-state index in [1.54, 1.807) is 23.2 Å². The summed E-state index contributed by atoms with van der Waals surface area (Å²) in [5.41, 5.74) is 1.38. The van der Waals surface area contributed by atoms with Crippen LogP contribution in [0.4, 0.5) is 5.13 Å². The van der Waals surface area contributed by atoms with Gasteiger partial charge in [-0.1, -0.05) is 11.3 Å². The molecule has 0 radical (unpaired) electrons. The standard InChI is InChI=1S/C18H20N4O4S/c1-25-16-11(4-2-7-19-16)17(24)22-8-6-12-14(10-22)27-18(20-12)21-15(23)13-5-3-9-26-13/h2,4,7,13H,3,5-6,8-10H2,1H3,(H,20,21,23). The summed E-state index contributed by atoms with van der Waals surface area (Å²) in [5, 5.41) is 3.41. The van der Waals surface area contributed by atoms with Crippen molar-refractivity contribution in [3.8, 4) is 5.88 Å². The second-order valence-corrected chi connectivity index (χ2v) is 7.50. The number of fused-ring (bicyclic) bond motifs is 1. The molecular formula is C18H20N4O4S. The van der Waals surface area contributed by atoms with Crippen LogP contribution in [-0.2, 0) is 22.5 Å². The highest BCUT2D eigenvalue weighted by atomic mass is 32.1. The van der Waals surface area contributed by atoms with Crippen LogP contribution in [-0.4, -0.2) is 53.0 Å². The second kappa shape index (κ2) is 7.61. The van der Waals surface area contributed by atoms with Crippen LogP contribution >= 0.6 is 11.3 Å². The van der Waals surface area contributed by atoms with E-state index in [-0.39, 0.29) is 17.9 Å². The van der Waals surface area contributed by atoms with Crippen molar-refractivity contribution in [2.45, 2.75) is 31.9 Å². The first kappa shape index (κ1) is 17.9. The molecule has 1 fully saturated rings. The highest BCUT2D eigenvalue weighted by molar-refractivity contribution is 7.15. The summed E-state index contributed by atoms with van der Waals surface area (Å²) in [4.78, 5) is 36.4. The van der Waals surface area contributed by atoms with E-state index in [2.05, 4.69) is 15.3 Å². The van der Waals surface area contributed by atoms with Crippen molar-refractivity contribution in [3.05, 3.63) is 34.5 Å². The first-order valence-electron chi connectivity index (χ1n) is 8.85. The van der Waals surface area contributed by atoms with Gasteiger partial charge in [-0.15, -0.1) is 0 Å². The number of carbonyl (C=O) groups excluding carboxylic acids is 2. The molecule has 142 valence electrons. The van der Waals surface area contributed by atoms with E-state index in [4.69, 9.17) is 9.47 Å². The van der Waals surface area contributed by atoms with Crippen LogP contribution in [0.1, 0.15) is 33.8 Å². The average molecular weight is 388 g/mol. The Kier molecular flexibility index (Phi) is 5.04. The van der Waals surface area contributed by atoms with Crippen molar-refractivity contribution in [3.63, 3.8) is 0 Å². The highest BCUT2D eigenvalue weighted by Gasteiger charge is 2.28. The Morgan fingerprint density at radius 2 is 2.33 bits per heavy atom. The number of rotatable bonds is 4. The van der Waals surface area contributed by atoms with Gasteiger partial charge >= 0.3 is 0 Å². The molecule has 4 rings (SSSR count). The molecule has 0 aromatic carbocycles. The molecule has 27 heavy (non-hydrogen) atoms. The van der Waals surface area contributed by atoms with Crippen LogP contribution in [0.15, 0.2) is 18.3 Å². The molecule has 0 spiro atoms. The van der Waals surface area contributed by atoms with Gasteiger partial charge in [0.1, 0.15) is 11.7 Å². The third-order valence-electron chi connectivity index (χ3n) is 4.67. The summed E-state index contributed by atoms with van der Waals surface area (Å²) in [6.45, 7) is 1.65. The number of aromatic nitrogens is 2. The van der Waals surface area contributed by atoms with E-state index in [1.807, 2.05) is 0 Å². The Morgan fingerprint density at radius 3 is 3.11 bits per heavy atom. The number of carbonyl (C=O) groups is 2. The molecule has 1 N–H and O–H groups in total. The average Bonchev–Trinajstić information content (AvgIpc) is 3.36. The van der Waals surface area contributed by atoms with Crippen LogP contribution in [0.5, 0.6) is 5.88 Å². The number of amides is 2. The largest absolute Gasteiger partial charge is 0.480 e. The predicted molar refractivity (Wildman–Crippen MR) is 99.0 cm³/mol. The molecule has 1 saturated heterocycles. The van der Waals surface area contributed by atoms with Crippen molar-refractivity contribution in [2.24, 2.45) is 0 Å². The number of thiazole rings is 1. The van der Waals surface area contributed by atoms with Gasteiger partial charge in [0, 0.05) is 30.6 Å². The molecule has 0 bridgehead atoms. The smallest absolute Gasteiger partial charge is 0.259 e. The van der Waals surface area contributed by atoms with Crippen LogP contribution in [0.3, 0.4) is 0 Å². The van der Waals surface area contributed by atoms with E-state index >= 15 is 0 Å². The Balaban J connectivity index is 1.46. The Bertz CT molecular complexity index is 863. The zero-order valence-electron chi connectivity index (χ0n) is 14.9. The van der Waals surface area contributed by atoms with Crippen molar-refractivity contribution in [2.75, 3.05) is 25.6 Å². The summed E-state index contributed by atoms with van der Waals surface area (Å²) >= 11 is 1.41. The fourth-order valence-corrected chi connectivity index (χ4v) is 4.31. The van der Waals surface area contributed by atoms with E-state index in [0.717, 1.165) is 23.4 Å². The van der Waals surface area contributed by atoms with Gasteiger partial charge < -0.3 is 14.4 Å². The summed E-state index contributed by atoms with van der Waals surface area (Å²) in [5.74, 6) is 0.0534. The lowest BCUT2D eigenvalue weighted by molar-refractivity contribution is -0.124. The lowest BCUT2D eigenvalue weighted by Crippen LogP contribution is -2.35. The molecular weight excluding hydrogens is 368 g/mol. The lowest BCUT2D eigenvalue weighted by Gasteiger charge is -2.26. The molecule has 0 aliphatic carbocycles. The summed E-state index contributed by atoms with van der Waals surface area (Å²) in [7, 11) is 1.50. The maximum absolute atomic E-state index is 12.9. The van der Waals surface area contributed by atoms with E-state index < -0.39 is 0 Å². The quantitative estimate of drug-likeness (QED) is 0.859. The summed E-state index contributed by atoms with van der Waals surface area (Å²) in [6.07, 6.45) is 3.50. The molecule has 4 heterocycles. The van der Waals surface area contributed by atoms with Crippen molar-refractivity contribution in [1.29, 1.82) is 0 Å². The first-order chi connectivity index (χ1) is 13.2. The molecule has 8 nitrogen and oxygen atoms in total. The van der Waals surface area contributed by atoms with Crippen molar-refractivity contribution in [1.82, 2.24) is 14.9 Å². The number of ether oxygens (including phenoxy) is 2. The third kappa shape index (κ3) is 3.65. The molecule has 0 saturated carbocycles. The number of methoxy groups -OCH3 is 1. The van der Waals surface area contributed by atoms with Gasteiger partial charge in [-0.25, -0.2) is 9.97 Å². The lowest BCUT2D eigenvalue weighted by atomic mass is 10.1. The Hall–Kier alpha value is -2.52. The van der Waals surface area contributed by atoms with Gasteiger partial charge in [0.2, 0.25) is 5.88 Å². The molecule has 2 aliphatic rings. The van der Waals surface area contributed by atoms with Crippen LogP contribution < -0.4 is 10.1 Å². The Morgan fingerprint density at radius 1 is 1.44 bits per heavy atom. The topological polar surface area (TPSA) is 93.6 Å². The predicted octanol–water partition coefficient (Wildman–Crippen LogP) is 1.86. The highest BCUT2D eigenvalue weighted by Crippen LogP contribution is 2.30. The number of pyridine rings is 1. The SMILES string of the molecule is COc1ncccc1C(=O)N1CCc2nc(NC(=O)C3CCCO3)sc2C1. The normalized spacial score (nSPS) is 18.9. The van der Waals surface area contributed by atoms with Gasteiger partial charge in [0.25, 0.3) is 11.8 Å². The van der Waals surface area contributed by atoms with E-state index in [1.165, 1.54) is 18.4 Å². The minimum absolute atomic E-state index is 0.121. The van der Waals surface area contributed by atoms with Gasteiger partial charge in [0.15, 0.2) is 5.13 Å². The number of nitrogens with one attached hydrogen (secondary N) is 1. The Labute approximate surface area is 160 Å². The van der Waals surface area contributed by atoms with Crippen LogP contribution in [0, 0.1) is 0 Å². The number of hydrogen-bond donors (Lipinski definition) is 1. The molecule has 2 aromatic heterocycles. The molecule has 1 unspecified atom stereocenters. The van der Waals surface area contributed by atoms with Crippen LogP contribution in [0.25, 0.3) is 0 Å². The molecule has 2 aliphatic heterocycles. The van der Waals surface area contributed by atoms with Gasteiger partial charge in [-0.2, -0.15) is 0 Å². The molecule has 9 heteroatoms. The molecule has 2 aromatic rings. The fraction of sp³-hybridized carbons (Fsp3) is 0.444. The van der Waals surface area contributed by atoms with Gasteiger partial charge in [-0.3, -0.25) is 14.9 Å². The minimum Gasteiger partial charge on any atom is -0.480 e. The first-order valence-corrected chi connectivity index (χ1v) is 9.66. The summed E-state index contributed by atoms with van der Waals surface area (Å²) in [6, 6.07) is 3.43. The van der Waals surface area contributed by atoms with Gasteiger partial charge in [-0.05, 0) is 25.0 Å². The molecule has 1 atom stereocenters.